The molecule has 9 atom stereocenters. The number of carbonyl (C=O) groups excluding carboxylic acids is 1. The van der Waals surface area contributed by atoms with Crippen LogP contribution in [0.25, 0.3) is 0 Å². The van der Waals surface area contributed by atoms with Gasteiger partial charge in [0, 0.05) is 0 Å². The fourth-order valence-corrected chi connectivity index (χ4v) is 13.7. The molecule has 0 amide bonds. The van der Waals surface area contributed by atoms with E-state index in [1.54, 1.807) is 0 Å². The molecule has 0 spiro atoms. The number of rotatable bonds is 24. The molecule has 0 aromatic rings. The van der Waals surface area contributed by atoms with E-state index >= 15 is 0 Å². The van der Waals surface area contributed by atoms with Gasteiger partial charge in [-0.2, -0.15) is 0 Å². The zero-order valence-corrected chi connectivity index (χ0v) is 47.7. The summed E-state index contributed by atoms with van der Waals surface area (Å²) in [6, 6.07) is 0. The Hall–Kier alpha value is 1.01. The highest BCUT2D eigenvalue weighted by molar-refractivity contribution is 6.72. The fraction of sp³-hybridized carbons (Fsp3) is 0.972. The van der Waals surface area contributed by atoms with Crippen molar-refractivity contribution >= 4 is 72.8 Å². The molecule has 0 aromatic carbocycles. The van der Waals surface area contributed by atoms with Gasteiger partial charge >= 0.3 is 0 Å². The summed E-state index contributed by atoms with van der Waals surface area (Å²) in [5.41, 5.74) is 0. The molecule has 11 nitrogen and oxygen atoms in total. The molecule has 1 aliphatic rings. The van der Waals surface area contributed by atoms with Crippen LogP contribution < -0.4 is 0 Å². The molecule has 0 aliphatic carbocycles. The standard InChI is InChI=1S/C36H86O11Si8/c1-48(2,3)38-26-29-32(44-52(13,14)15)34(46-54(19,20)21)35(47-55(22,23)24)36(40-29)41-31(28(25-37)42-50(7,8)9)33(45-53(16,17)18)30(43-51(10,11)12)27-39-49(4,5)6/h25,28-36H,26-27H2,1-24H3. The van der Waals surface area contributed by atoms with Gasteiger partial charge in [-0.3, -0.25) is 0 Å². The van der Waals surface area contributed by atoms with Crippen molar-refractivity contribution in [3.8, 4) is 0 Å². The van der Waals surface area contributed by atoms with Crippen molar-refractivity contribution in [2.45, 2.75) is 212 Å². The van der Waals surface area contributed by atoms with Crippen LogP contribution in [0.1, 0.15) is 0 Å². The number of hydrogen-bond acceptors (Lipinski definition) is 11. The number of carbonyl (C=O) groups is 1. The topological polar surface area (TPSA) is 109 Å². The van der Waals surface area contributed by atoms with Gasteiger partial charge in [-0.25, -0.2) is 0 Å². The minimum absolute atomic E-state index is 0.300. The van der Waals surface area contributed by atoms with E-state index < -0.39 is 122 Å². The second kappa shape index (κ2) is 20.3. The smallest absolute Gasteiger partial charge is 0.186 e. The Morgan fingerprint density at radius 3 is 1.27 bits per heavy atom. The van der Waals surface area contributed by atoms with E-state index in [-0.39, 0.29) is 0 Å². The minimum atomic E-state index is -2.33. The Labute approximate surface area is 346 Å². The van der Waals surface area contributed by atoms with E-state index in [2.05, 4.69) is 157 Å². The average molecular weight is 920 g/mol. The van der Waals surface area contributed by atoms with Crippen LogP contribution in [0.5, 0.6) is 0 Å². The third-order valence-corrected chi connectivity index (χ3v) is 15.3. The second-order valence-electron chi connectivity index (χ2n) is 22.9. The third-order valence-electron chi connectivity index (χ3n) is 7.34. The van der Waals surface area contributed by atoms with Gasteiger partial charge in [-0.15, -0.1) is 0 Å². The zero-order valence-electron chi connectivity index (χ0n) is 39.7. The van der Waals surface area contributed by atoms with Gasteiger partial charge in [0.15, 0.2) is 72.8 Å². The van der Waals surface area contributed by atoms with Gasteiger partial charge < -0.3 is 49.7 Å². The molecule has 1 heterocycles. The largest absolute Gasteiger partial charge is 0.415 e. The summed E-state index contributed by atoms with van der Waals surface area (Å²) >= 11 is 0. The van der Waals surface area contributed by atoms with Crippen LogP contribution in [0.3, 0.4) is 0 Å². The average Bonchev–Trinajstić information content (AvgIpc) is 2.89. The molecule has 0 bridgehead atoms. The van der Waals surface area contributed by atoms with Crippen molar-refractivity contribution in [2.24, 2.45) is 0 Å². The predicted molar refractivity (Wildman–Crippen MR) is 248 cm³/mol. The summed E-state index contributed by atoms with van der Waals surface area (Å²) < 4.78 is 69.7. The molecule has 19 heteroatoms. The summed E-state index contributed by atoms with van der Waals surface area (Å²) in [5, 5.41) is 0. The maximum Gasteiger partial charge on any atom is 0.186 e. The quantitative estimate of drug-likeness (QED) is 0.0683. The first-order valence-corrected chi connectivity index (χ1v) is 47.6. The molecule has 1 aliphatic heterocycles. The first kappa shape index (κ1) is 54.0. The summed E-state index contributed by atoms with van der Waals surface area (Å²) in [4.78, 5) is 13.4. The fourth-order valence-electron chi connectivity index (χ4n) is 5.90. The highest BCUT2D eigenvalue weighted by Gasteiger charge is 2.55. The molecule has 55 heavy (non-hydrogen) atoms. The maximum atomic E-state index is 13.4. The van der Waals surface area contributed by atoms with Crippen LogP contribution in [0, 0.1) is 0 Å². The van der Waals surface area contributed by atoms with Gasteiger partial charge in [0.1, 0.15) is 49.0 Å². The lowest BCUT2D eigenvalue weighted by atomic mass is 9.98. The molecule has 0 saturated carbocycles. The Balaban J connectivity index is 4.27. The summed E-state index contributed by atoms with van der Waals surface area (Å²) in [5.74, 6) is 0. The summed E-state index contributed by atoms with van der Waals surface area (Å²) in [7, 11) is -17.5. The molecule has 0 radical (unpaired) electrons. The van der Waals surface area contributed by atoms with E-state index in [4.69, 9.17) is 44.9 Å². The third kappa shape index (κ3) is 23.6. The second-order valence-corrected chi connectivity index (χ2v) is 58.7. The normalized spacial score (nSPS) is 25.1. The number of hydrogen-bond donors (Lipinski definition) is 0. The summed E-state index contributed by atoms with van der Waals surface area (Å²) in [6.07, 6.45) is -5.46. The van der Waals surface area contributed by atoms with E-state index in [1.807, 2.05) is 0 Å². The molecule has 1 fully saturated rings. The molecule has 1 saturated heterocycles. The highest BCUT2D eigenvalue weighted by atomic mass is 28.4. The minimum Gasteiger partial charge on any atom is -0.415 e. The van der Waals surface area contributed by atoms with Crippen LogP contribution in [-0.4, -0.2) is 141 Å². The van der Waals surface area contributed by atoms with E-state index in [0.717, 1.165) is 6.29 Å². The Morgan fingerprint density at radius 2 is 0.891 bits per heavy atom. The van der Waals surface area contributed by atoms with Crippen molar-refractivity contribution in [1.29, 1.82) is 0 Å². The van der Waals surface area contributed by atoms with Gasteiger partial charge in [0.2, 0.25) is 0 Å². The van der Waals surface area contributed by atoms with Crippen molar-refractivity contribution < 1.29 is 49.7 Å². The molecular weight excluding hydrogens is 833 g/mol. The van der Waals surface area contributed by atoms with Crippen LogP contribution in [0.15, 0.2) is 0 Å². The number of aldehydes is 1. The van der Waals surface area contributed by atoms with Gasteiger partial charge in [0.25, 0.3) is 0 Å². The van der Waals surface area contributed by atoms with Crippen LogP contribution >= 0.6 is 0 Å². The van der Waals surface area contributed by atoms with Crippen LogP contribution in [0.4, 0.5) is 0 Å². The molecule has 9 unspecified atom stereocenters. The Morgan fingerprint density at radius 1 is 0.473 bits per heavy atom. The van der Waals surface area contributed by atoms with Crippen molar-refractivity contribution in [3.63, 3.8) is 0 Å². The lowest BCUT2D eigenvalue weighted by Gasteiger charge is -2.52. The van der Waals surface area contributed by atoms with Crippen molar-refractivity contribution in [1.82, 2.24) is 0 Å². The highest BCUT2D eigenvalue weighted by Crippen LogP contribution is 2.37. The monoisotopic (exact) mass is 918 g/mol. The Bertz CT molecular complexity index is 1160. The SMILES string of the molecule is C[Si](C)(C)OCC(O[Si](C)(C)C)C(O[Si](C)(C)C)C(OC1OC(CO[Si](C)(C)C)C(O[Si](C)(C)C)C(O[Si](C)(C)C)C1O[Si](C)(C)C)C(C=O)O[Si](C)(C)C. The molecule has 0 aromatic heterocycles. The van der Waals surface area contributed by atoms with Crippen LogP contribution in [0.2, 0.25) is 157 Å². The van der Waals surface area contributed by atoms with Gasteiger partial charge in [-0.05, 0) is 157 Å². The lowest BCUT2D eigenvalue weighted by molar-refractivity contribution is -0.314. The summed E-state index contributed by atoms with van der Waals surface area (Å²) in [6.45, 7) is 52.3. The lowest BCUT2D eigenvalue weighted by Crippen LogP contribution is -2.68. The van der Waals surface area contributed by atoms with Gasteiger partial charge in [-0.1, -0.05) is 0 Å². The molecule has 1 rings (SSSR count). The van der Waals surface area contributed by atoms with Crippen molar-refractivity contribution in [3.05, 3.63) is 0 Å². The first-order valence-electron chi connectivity index (χ1n) is 20.3. The van der Waals surface area contributed by atoms with Crippen molar-refractivity contribution in [2.75, 3.05) is 13.2 Å². The predicted octanol–water partition coefficient (Wildman–Crippen LogP) is 9.32. The molecule has 0 N–H and O–H groups in total. The van der Waals surface area contributed by atoms with E-state index in [0.29, 0.717) is 13.2 Å². The van der Waals surface area contributed by atoms with Crippen LogP contribution in [-0.2, 0) is 49.7 Å². The number of ether oxygens (including phenoxy) is 2. The molecular formula is C36H86O11Si8. The van der Waals surface area contributed by atoms with Gasteiger partial charge in [0.05, 0.1) is 19.3 Å². The zero-order chi connectivity index (χ0) is 43.4. The van der Waals surface area contributed by atoms with E-state index in [1.165, 1.54) is 0 Å². The Kier molecular flexibility index (Phi) is 19.9. The molecule has 328 valence electrons. The van der Waals surface area contributed by atoms with E-state index in [9.17, 15) is 4.79 Å². The first-order chi connectivity index (χ1) is 24.2. The maximum absolute atomic E-state index is 13.4.